The molecule has 1 aromatic rings. The Balaban J connectivity index is 2.95. The van der Waals surface area contributed by atoms with E-state index in [0.29, 0.717) is 6.42 Å². The molecule has 0 saturated heterocycles. The standard InChI is InChI=1S/C12H15F2N/c1-3-4-8-11(15-2)12-9(13)6-5-7-10(12)14/h3,5-7,11,15H,1,4,8H2,2H3. The first kappa shape index (κ1) is 11.9. The molecule has 0 aliphatic carbocycles. The highest BCUT2D eigenvalue weighted by atomic mass is 19.1. The Bertz CT molecular complexity index is 316. The van der Waals surface area contributed by atoms with Crippen molar-refractivity contribution >= 4 is 0 Å². The summed E-state index contributed by atoms with van der Waals surface area (Å²) in [6.45, 7) is 3.59. The van der Waals surface area contributed by atoms with Crippen molar-refractivity contribution in [2.24, 2.45) is 0 Å². The van der Waals surface area contributed by atoms with E-state index in [1.165, 1.54) is 18.2 Å². The molecule has 1 rings (SSSR count). The second-order valence-corrected chi connectivity index (χ2v) is 3.34. The molecule has 0 amide bonds. The summed E-state index contributed by atoms with van der Waals surface area (Å²) in [6, 6.07) is 3.62. The zero-order valence-electron chi connectivity index (χ0n) is 8.76. The van der Waals surface area contributed by atoms with Gasteiger partial charge in [0, 0.05) is 11.6 Å². The van der Waals surface area contributed by atoms with Crippen LogP contribution in [0.15, 0.2) is 30.9 Å². The van der Waals surface area contributed by atoms with Gasteiger partial charge in [-0.2, -0.15) is 0 Å². The van der Waals surface area contributed by atoms with E-state index in [2.05, 4.69) is 11.9 Å². The number of allylic oxidation sites excluding steroid dienone is 1. The smallest absolute Gasteiger partial charge is 0.130 e. The van der Waals surface area contributed by atoms with Gasteiger partial charge < -0.3 is 5.32 Å². The van der Waals surface area contributed by atoms with Gasteiger partial charge in [-0.05, 0) is 32.0 Å². The van der Waals surface area contributed by atoms with Crippen LogP contribution in [0.1, 0.15) is 24.4 Å². The summed E-state index contributed by atoms with van der Waals surface area (Å²) in [5, 5.41) is 2.91. The van der Waals surface area contributed by atoms with Crippen LogP contribution >= 0.6 is 0 Å². The first-order chi connectivity index (χ1) is 7.20. The van der Waals surface area contributed by atoms with E-state index in [1.807, 2.05) is 0 Å². The molecule has 1 nitrogen and oxygen atoms in total. The van der Waals surface area contributed by atoms with Crippen LogP contribution < -0.4 is 5.32 Å². The Morgan fingerprint density at radius 1 is 1.40 bits per heavy atom. The molecular weight excluding hydrogens is 196 g/mol. The van der Waals surface area contributed by atoms with Crippen molar-refractivity contribution in [3.63, 3.8) is 0 Å². The van der Waals surface area contributed by atoms with Gasteiger partial charge >= 0.3 is 0 Å². The fourth-order valence-electron chi connectivity index (χ4n) is 1.56. The fraction of sp³-hybridized carbons (Fsp3) is 0.333. The molecule has 0 aliphatic heterocycles. The Morgan fingerprint density at radius 3 is 2.47 bits per heavy atom. The molecule has 0 aliphatic rings. The quantitative estimate of drug-likeness (QED) is 0.737. The molecule has 3 heteroatoms. The maximum atomic E-state index is 13.4. The zero-order valence-corrected chi connectivity index (χ0v) is 8.76. The number of halogens is 2. The topological polar surface area (TPSA) is 12.0 Å². The van der Waals surface area contributed by atoms with Gasteiger partial charge in [0.05, 0.1) is 0 Å². The van der Waals surface area contributed by atoms with Crippen molar-refractivity contribution < 1.29 is 8.78 Å². The summed E-state index contributed by atoms with van der Waals surface area (Å²) >= 11 is 0. The van der Waals surface area contributed by atoms with Gasteiger partial charge in [0.1, 0.15) is 11.6 Å². The minimum Gasteiger partial charge on any atom is -0.313 e. The van der Waals surface area contributed by atoms with Crippen LogP contribution in [0.2, 0.25) is 0 Å². The van der Waals surface area contributed by atoms with E-state index in [0.717, 1.165) is 6.42 Å². The Kier molecular flexibility index (Phi) is 4.43. The SMILES string of the molecule is C=CCCC(NC)c1c(F)cccc1F. The van der Waals surface area contributed by atoms with Gasteiger partial charge in [0.2, 0.25) is 0 Å². The van der Waals surface area contributed by atoms with Gasteiger partial charge in [-0.25, -0.2) is 8.78 Å². The maximum absolute atomic E-state index is 13.4. The Labute approximate surface area is 88.8 Å². The lowest BCUT2D eigenvalue weighted by Crippen LogP contribution is -2.19. The molecule has 0 saturated carbocycles. The normalized spacial score (nSPS) is 12.5. The third-order valence-corrected chi connectivity index (χ3v) is 2.36. The van der Waals surface area contributed by atoms with Gasteiger partial charge in [-0.15, -0.1) is 6.58 Å². The molecule has 1 aromatic carbocycles. The van der Waals surface area contributed by atoms with Gasteiger partial charge in [-0.3, -0.25) is 0 Å². The summed E-state index contributed by atoms with van der Waals surface area (Å²) < 4.78 is 26.8. The molecule has 0 radical (unpaired) electrons. The van der Waals surface area contributed by atoms with Crippen LogP contribution in [0.3, 0.4) is 0 Å². The van der Waals surface area contributed by atoms with Crippen molar-refractivity contribution in [2.75, 3.05) is 7.05 Å². The van der Waals surface area contributed by atoms with E-state index in [4.69, 9.17) is 0 Å². The Hall–Kier alpha value is -1.22. The number of rotatable bonds is 5. The molecule has 1 N–H and O–H groups in total. The first-order valence-electron chi connectivity index (χ1n) is 4.92. The van der Waals surface area contributed by atoms with Crippen molar-refractivity contribution in [1.82, 2.24) is 5.32 Å². The van der Waals surface area contributed by atoms with Gasteiger partial charge in [0.25, 0.3) is 0 Å². The highest BCUT2D eigenvalue weighted by Crippen LogP contribution is 2.24. The third kappa shape index (κ3) is 2.86. The van der Waals surface area contributed by atoms with Crippen molar-refractivity contribution in [3.05, 3.63) is 48.1 Å². The number of benzene rings is 1. The molecule has 0 bridgehead atoms. The van der Waals surface area contributed by atoms with E-state index in [1.54, 1.807) is 13.1 Å². The lowest BCUT2D eigenvalue weighted by atomic mass is 10.0. The van der Waals surface area contributed by atoms with Crippen LogP contribution in [0.25, 0.3) is 0 Å². The second kappa shape index (κ2) is 5.61. The lowest BCUT2D eigenvalue weighted by Gasteiger charge is -2.17. The summed E-state index contributed by atoms with van der Waals surface area (Å²) in [6.07, 6.45) is 3.10. The number of hydrogen-bond acceptors (Lipinski definition) is 1. The molecule has 1 unspecified atom stereocenters. The molecule has 0 heterocycles. The molecular formula is C12H15F2N. The molecule has 0 spiro atoms. The average Bonchev–Trinajstić information content (AvgIpc) is 2.22. The summed E-state index contributed by atoms with van der Waals surface area (Å²) in [7, 11) is 1.69. The van der Waals surface area contributed by atoms with E-state index in [9.17, 15) is 8.78 Å². The van der Waals surface area contributed by atoms with Crippen molar-refractivity contribution in [3.8, 4) is 0 Å². The highest BCUT2D eigenvalue weighted by molar-refractivity contribution is 5.23. The monoisotopic (exact) mass is 211 g/mol. The van der Waals surface area contributed by atoms with E-state index < -0.39 is 11.6 Å². The fourth-order valence-corrected chi connectivity index (χ4v) is 1.56. The van der Waals surface area contributed by atoms with E-state index >= 15 is 0 Å². The van der Waals surface area contributed by atoms with E-state index in [-0.39, 0.29) is 11.6 Å². The minimum atomic E-state index is -0.501. The lowest BCUT2D eigenvalue weighted by molar-refractivity contribution is 0.474. The predicted octanol–water partition coefficient (Wildman–Crippen LogP) is 3.19. The second-order valence-electron chi connectivity index (χ2n) is 3.34. The Morgan fingerprint density at radius 2 is 2.00 bits per heavy atom. The van der Waals surface area contributed by atoms with Crippen LogP contribution in [-0.2, 0) is 0 Å². The molecule has 82 valence electrons. The summed E-state index contributed by atoms with van der Waals surface area (Å²) in [5.74, 6) is -1.00. The van der Waals surface area contributed by atoms with Gasteiger partial charge in [0.15, 0.2) is 0 Å². The van der Waals surface area contributed by atoms with Crippen molar-refractivity contribution in [2.45, 2.75) is 18.9 Å². The number of nitrogens with one attached hydrogen (secondary N) is 1. The highest BCUT2D eigenvalue weighted by Gasteiger charge is 2.17. The molecule has 0 fully saturated rings. The minimum absolute atomic E-state index is 0.113. The molecule has 0 aromatic heterocycles. The first-order valence-corrected chi connectivity index (χ1v) is 4.92. The van der Waals surface area contributed by atoms with Crippen LogP contribution in [0.4, 0.5) is 8.78 Å². The van der Waals surface area contributed by atoms with Crippen LogP contribution in [-0.4, -0.2) is 7.05 Å². The van der Waals surface area contributed by atoms with Gasteiger partial charge in [-0.1, -0.05) is 12.1 Å². The third-order valence-electron chi connectivity index (χ3n) is 2.36. The molecule has 15 heavy (non-hydrogen) atoms. The van der Waals surface area contributed by atoms with Crippen LogP contribution in [0, 0.1) is 11.6 Å². The molecule has 1 atom stereocenters. The zero-order chi connectivity index (χ0) is 11.3. The summed E-state index contributed by atoms with van der Waals surface area (Å²) in [4.78, 5) is 0. The summed E-state index contributed by atoms with van der Waals surface area (Å²) in [5.41, 5.74) is 0.113. The predicted molar refractivity (Wildman–Crippen MR) is 57.6 cm³/mol. The largest absolute Gasteiger partial charge is 0.313 e. The maximum Gasteiger partial charge on any atom is 0.130 e. The van der Waals surface area contributed by atoms with Crippen molar-refractivity contribution in [1.29, 1.82) is 0 Å². The van der Waals surface area contributed by atoms with Crippen LogP contribution in [0.5, 0.6) is 0 Å². The number of hydrogen-bond donors (Lipinski definition) is 1. The average molecular weight is 211 g/mol.